The molecule has 2 rings (SSSR count). The van der Waals surface area contributed by atoms with Crippen molar-refractivity contribution in [2.45, 2.75) is 65.1 Å². The number of nitrogens with one attached hydrogen (secondary N) is 3. The Labute approximate surface area is 213 Å². The molecule has 0 saturated carbocycles. The summed E-state index contributed by atoms with van der Waals surface area (Å²) in [6, 6.07) is 1.27. The van der Waals surface area contributed by atoms with Crippen LogP contribution in [0.5, 0.6) is 0 Å². The SMILES string of the molecule is C[C@H](NC(=O)c1ccc(NC(=O)C(C)(C)C)c(Cl)c1)C(=O)N1CCC[C@H]1C(=O)N[C@H](C=O)CC(=O)O. The highest BCUT2D eigenvalue weighted by atomic mass is 35.5. The van der Waals surface area contributed by atoms with Crippen LogP contribution in [-0.4, -0.2) is 70.6 Å². The molecule has 1 saturated heterocycles. The van der Waals surface area contributed by atoms with Crippen molar-refractivity contribution < 1.29 is 33.9 Å². The maximum absolute atomic E-state index is 13.0. The molecule has 0 spiro atoms. The highest BCUT2D eigenvalue weighted by Gasteiger charge is 2.37. The molecule has 4 N–H and O–H groups in total. The molecular formula is C24H31ClN4O7. The fourth-order valence-electron chi connectivity index (χ4n) is 3.56. The van der Waals surface area contributed by atoms with Crippen LogP contribution in [0.1, 0.15) is 57.3 Å². The summed E-state index contributed by atoms with van der Waals surface area (Å²) in [6.45, 7) is 7.01. The van der Waals surface area contributed by atoms with Gasteiger partial charge in [-0.2, -0.15) is 0 Å². The van der Waals surface area contributed by atoms with Gasteiger partial charge in [0.15, 0.2) is 0 Å². The van der Waals surface area contributed by atoms with Gasteiger partial charge >= 0.3 is 5.97 Å². The quantitative estimate of drug-likeness (QED) is 0.358. The Morgan fingerprint density at radius 3 is 2.42 bits per heavy atom. The number of carboxylic acids is 1. The van der Waals surface area contributed by atoms with Crippen molar-refractivity contribution in [3.8, 4) is 0 Å². The van der Waals surface area contributed by atoms with Crippen molar-refractivity contribution in [3.63, 3.8) is 0 Å². The van der Waals surface area contributed by atoms with Gasteiger partial charge in [0.2, 0.25) is 17.7 Å². The minimum Gasteiger partial charge on any atom is -0.481 e. The Morgan fingerprint density at radius 1 is 1.19 bits per heavy atom. The van der Waals surface area contributed by atoms with Crippen molar-refractivity contribution in [2.75, 3.05) is 11.9 Å². The lowest BCUT2D eigenvalue weighted by Gasteiger charge is -2.28. The number of nitrogens with zero attached hydrogens (tertiary/aromatic N) is 1. The predicted octanol–water partition coefficient (Wildman–Crippen LogP) is 1.59. The van der Waals surface area contributed by atoms with Crippen molar-refractivity contribution in [2.24, 2.45) is 5.41 Å². The van der Waals surface area contributed by atoms with E-state index in [4.69, 9.17) is 16.7 Å². The number of aliphatic carboxylic acids is 1. The third kappa shape index (κ3) is 7.51. The van der Waals surface area contributed by atoms with E-state index < -0.39 is 53.7 Å². The van der Waals surface area contributed by atoms with Gasteiger partial charge in [-0.1, -0.05) is 32.4 Å². The summed E-state index contributed by atoms with van der Waals surface area (Å²) in [7, 11) is 0. The molecule has 1 aromatic rings. The average Bonchev–Trinajstić information content (AvgIpc) is 3.28. The Bertz CT molecular complexity index is 1050. The van der Waals surface area contributed by atoms with Crippen molar-refractivity contribution >= 4 is 53.2 Å². The Balaban J connectivity index is 2.03. The van der Waals surface area contributed by atoms with Crippen molar-refractivity contribution in [1.29, 1.82) is 0 Å². The molecule has 196 valence electrons. The second-order valence-corrected chi connectivity index (χ2v) is 10.0. The highest BCUT2D eigenvalue weighted by molar-refractivity contribution is 6.34. The summed E-state index contributed by atoms with van der Waals surface area (Å²) in [5.74, 6) is -3.19. The van der Waals surface area contributed by atoms with E-state index in [1.165, 1.54) is 30.0 Å². The number of carbonyl (C=O) groups excluding carboxylic acids is 5. The van der Waals surface area contributed by atoms with E-state index in [9.17, 15) is 28.8 Å². The van der Waals surface area contributed by atoms with Crippen molar-refractivity contribution in [3.05, 3.63) is 28.8 Å². The number of hydrogen-bond acceptors (Lipinski definition) is 6. The van der Waals surface area contributed by atoms with E-state index in [2.05, 4.69) is 16.0 Å². The molecule has 11 nitrogen and oxygen atoms in total. The maximum Gasteiger partial charge on any atom is 0.305 e. The summed E-state index contributed by atoms with van der Waals surface area (Å²) in [5, 5.41) is 16.6. The van der Waals surface area contributed by atoms with Gasteiger partial charge in [0.25, 0.3) is 5.91 Å². The number of carboxylic acid groups (broad SMARTS) is 1. The number of amides is 4. The summed E-state index contributed by atoms with van der Waals surface area (Å²) in [4.78, 5) is 73.7. The minimum atomic E-state index is -1.24. The van der Waals surface area contributed by atoms with E-state index in [0.29, 0.717) is 24.8 Å². The maximum atomic E-state index is 13.0. The van der Waals surface area contributed by atoms with Gasteiger partial charge in [0, 0.05) is 17.5 Å². The first-order valence-electron chi connectivity index (χ1n) is 11.4. The number of aldehydes is 1. The second kappa shape index (κ2) is 12.0. The molecule has 0 aliphatic carbocycles. The van der Waals surface area contributed by atoms with Crippen LogP contribution in [0.4, 0.5) is 5.69 Å². The van der Waals surface area contributed by atoms with Crippen molar-refractivity contribution in [1.82, 2.24) is 15.5 Å². The Hall–Kier alpha value is -3.47. The number of likely N-dealkylation sites (tertiary alicyclic amines) is 1. The van der Waals surface area contributed by atoms with Crippen LogP contribution in [0.3, 0.4) is 0 Å². The summed E-state index contributed by atoms with van der Waals surface area (Å²) in [5.41, 5.74) is -0.115. The molecule has 0 radical (unpaired) electrons. The van der Waals surface area contributed by atoms with E-state index >= 15 is 0 Å². The number of hydrogen-bond donors (Lipinski definition) is 4. The lowest BCUT2D eigenvalue weighted by molar-refractivity contribution is -0.141. The van der Waals surface area contributed by atoms with Gasteiger partial charge in [0.05, 0.1) is 23.2 Å². The summed E-state index contributed by atoms with van der Waals surface area (Å²) < 4.78 is 0. The molecule has 1 aliphatic rings. The first-order valence-corrected chi connectivity index (χ1v) is 11.8. The molecule has 0 unspecified atom stereocenters. The first kappa shape index (κ1) is 28.8. The highest BCUT2D eigenvalue weighted by Crippen LogP contribution is 2.26. The zero-order valence-corrected chi connectivity index (χ0v) is 21.3. The van der Waals surface area contributed by atoms with Crippen LogP contribution in [0.15, 0.2) is 18.2 Å². The van der Waals surface area contributed by atoms with E-state index in [-0.39, 0.29) is 23.0 Å². The molecule has 36 heavy (non-hydrogen) atoms. The molecular weight excluding hydrogens is 492 g/mol. The normalized spacial score (nSPS) is 17.0. The third-order valence-electron chi connectivity index (χ3n) is 5.60. The molecule has 12 heteroatoms. The Kier molecular flexibility index (Phi) is 9.57. The lowest BCUT2D eigenvalue weighted by atomic mass is 9.95. The largest absolute Gasteiger partial charge is 0.481 e. The fraction of sp³-hybridized carbons (Fsp3) is 0.500. The van der Waals surface area contributed by atoms with Crippen LogP contribution in [0.25, 0.3) is 0 Å². The smallest absolute Gasteiger partial charge is 0.305 e. The summed E-state index contributed by atoms with van der Waals surface area (Å²) in [6.07, 6.45) is 0.644. The third-order valence-corrected chi connectivity index (χ3v) is 5.92. The van der Waals surface area contributed by atoms with Gasteiger partial charge in [-0.15, -0.1) is 0 Å². The minimum absolute atomic E-state index is 0.154. The molecule has 3 atom stereocenters. The van der Waals surface area contributed by atoms with Gasteiger partial charge in [-0.25, -0.2) is 0 Å². The van der Waals surface area contributed by atoms with Crippen LogP contribution >= 0.6 is 11.6 Å². The van der Waals surface area contributed by atoms with E-state index in [1.807, 2.05) is 0 Å². The average molecular weight is 523 g/mol. The Morgan fingerprint density at radius 2 is 1.86 bits per heavy atom. The number of anilines is 1. The topological polar surface area (TPSA) is 162 Å². The summed E-state index contributed by atoms with van der Waals surface area (Å²) >= 11 is 6.23. The molecule has 0 aromatic heterocycles. The van der Waals surface area contributed by atoms with Gasteiger partial charge in [-0.05, 0) is 38.0 Å². The standard InChI is InChI=1S/C24H31ClN4O7/c1-13(22(35)29-9-5-6-18(29)21(34)27-15(12-30)11-19(31)32)26-20(33)14-7-8-17(16(25)10-14)28-23(36)24(2,3)4/h7-8,10,12-13,15,18H,5-6,9,11H2,1-4H3,(H,26,33)(H,27,34)(H,28,36)(H,31,32)/t13-,15-,18-/m0/s1. The van der Waals surface area contributed by atoms with E-state index in [0.717, 1.165) is 0 Å². The monoisotopic (exact) mass is 522 g/mol. The number of rotatable bonds is 9. The number of halogens is 1. The molecule has 1 heterocycles. The molecule has 0 bridgehead atoms. The molecule has 1 aromatic carbocycles. The van der Waals surface area contributed by atoms with Gasteiger partial charge < -0.3 is 30.8 Å². The van der Waals surface area contributed by atoms with Crippen LogP contribution in [0, 0.1) is 5.41 Å². The zero-order valence-electron chi connectivity index (χ0n) is 20.6. The number of benzene rings is 1. The number of carbonyl (C=O) groups is 6. The van der Waals surface area contributed by atoms with Crippen LogP contribution < -0.4 is 16.0 Å². The molecule has 1 fully saturated rings. The second-order valence-electron chi connectivity index (χ2n) is 9.63. The van der Waals surface area contributed by atoms with Gasteiger partial charge in [0.1, 0.15) is 18.4 Å². The van der Waals surface area contributed by atoms with Gasteiger partial charge in [-0.3, -0.25) is 24.0 Å². The van der Waals surface area contributed by atoms with E-state index in [1.54, 1.807) is 20.8 Å². The first-order chi connectivity index (χ1) is 16.7. The van der Waals surface area contributed by atoms with Crippen LogP contribution in [0.2, 0.25) is 5.02 Å². The van der Waals surface area contributed by atoms with Crippen LogP contribution in [-0.2, 0) is 24.0 Å². The molecule has 4 amide bonds. The predicted molar refractivity (Wildman–Crippen MR) is 131 cm³/mol. The zero-order chi connectivity index (χ0) is 27.2. The lowest BCUT2D eigenvalue weighted by Crippen LogP contribution is -2.54. The fourth-order valence-corrected chi connectivity index (χ4v) is 3.79. The molecule has 1 aliphatic heterocycles.